The number of nitrogens with zero attached hydrogens (tertiary/aromatic N) is 2. The van der Waals surface area contributed by atoms with Crippen LogP contribution in [-0.4, -0.2) is 9.97 Å². The van der Waals surface area contributed by atoms with Crippen LogP contribution in [0.3, 0.4) is 0 Å². The minimum absolute atomic E-state index is 0.335. The zero-order valence-electron chi connectivity index (χ0n) is 9.77. The van der Waals surface area contributed by atoms with Gasteiger partial charge in [-0.05, 0) is 37.1 Å². The van der Waals surface area contributed by atoms with E-state index in [9.17, 15) is 0 Å². The lowest BCUT2D eigenvalue weighted by Crippen LogP contribution is -1.93. The highest BCUT2D eigenvalue weighted by Crippen LogP contribution is 2.20. The third-order valence-electron chi connectivity index (χ3n) is 2.52. The molecule has 0 N–H and O–H groups in total. The molecule has 1 aromatic carbocycles. The van der Waals surface area contributed by atoms with Gasteiger partial charge in [-0.15, -0.1) is 11.6 Å². The van der Waals surface area contributed by atoms with Gasteiger partial charge in [0.05, 0.1) is 5.88 Å². The van der Waals surface area contributed by atoms with Crippen molar-refractivity contribution in [3.05, 3.63) is 47.3 Å². The van der Waals surface area contributed by atoms with E-state index in [1.165, 1.54) is 11.1 Å². The van der Waals surface area contributed by atoms with Crippen LogP contribution in [0.4, 0.5) is 0 Å². The molecule has 0 atom stereocenters. The van der Waals surface area contributed by atoms with Gasteiger partial charge in [-0.3, -0.25) is 0 Å². The Bertz CT molecular complexity index is 511. The van der Waals surface area contributed by atoms with Crippen molar-refractivity contribution in [1.29, 1.82) is 0 Å². The first-order valence-corrected chi connectivity index (χ1v) is 5.84. The largest absolute Gasteiger partial charge is 0.424 e. The van der Waals surface area contributed by atoms with Gasteiger partial charge in [-0.1, -0.05) is 6.07 Å². The lowest BCUT2D eigenvalue weighted by molar-refractivity contribution is 0.441. The van der Waals surface area contributed by atoms with Gasteiger partial charge in [-0.2, -0.15) is 0 Å². The summed E-state index contributed by atoms with van der Waals surface area (Å²) in [6, 6.07) is 6.22. The minimum Gasteiger partial charge on any atom is -0.424 e. The number of alkyl halides is 1. The second-order valence-electron chi connectivity index (χ2n) is 3.86. The summed E-state index contributed by atoms with van der Waals surface area (Å²) in [7, 11) is 0. The van der Waals surface area contributed by atoms with Crippen molar-refractivity contribution in [2.75, 3.05) is 0 Å². The summed E-state index contributed by atoms with van der Waals surface area (Å²) in [6.45, 7) is 4.10. The maximum absolute atomic E-state index is 5.66. The van der Waals surface area contributed by atoms with Crippen LogP contribution in [0, 0.1) is 13.8 Å². The first-order valence-electron chi connectivity index (χ1n) is 5.31. The van der Waals surface area contributed by atoms with Crippen LogP contribution in [0.25, 0.3) is 0 Å². The lowest BCUT2D eigenvalue weighted by Gasteiger charge is -2.06. The molecule has 0 aliphatic carbocycles. The maximum atomic E-state index is 5.66. The number of halogens is 1. The third kappa shape index (κ3) is 2.94. The SMILES string of the molecule is Cc1ccc(Oc2ncc(CCl)cn2)cc1C. The summed E-state index contributed by atoms with van der Waals surface area (Å²) in [6.07, 6.45) is 3.33. The van der Waals surface area contributed by atoms with Gasteiger partial charge in [0, 0.05) is 18.0 Å². The number of ether oxygens (including phenoxy) is 1. The molecular weight excluding hydrogens is 236 g/mol. The van der Waals surface area contributed by atoms with Crippen LogP contribution in [0.2, 0.25) is 0 Å². The molecule has 2 aromatic rings. The summed E-state index contributed by atoms with van der Waals surface area (Å²) in [5, 5.41) is 0. The number of rotatable bonds is 3. The van der Waals surface area contributed by atoms with Crippen molar-refractivity contribution in [2.24, 2.45) is 0 Å². The molecule has 0 aliphatic rings. The third-order valence-corrected chi connectivity index (χ3v) is 2.83. The van der Waals surface area contributed by atoms with E-state index in [4.69, 9.17) is 16.3 Å². The fraction of sp³-hybridized carbons (Fsp3) is 0.231. The zero-order valence-corrected chi connectivity index (χ0v) is 10.5. The van der Waals surface area contributed by atoms with Crippen molar-refractivity contribution < 1.29 is 4.74 Å². The fourth-order valence-corrected chi connectivity index (χ4v) is 1.49. The minimum atomic E-state index is 0.335. The van der Waals surface area contributed by atoms with E-state index in [1.807, 2.05) is 25.1 Å². The highest BCUT2D eigenvalue weighted by Gasteiger charge is 2.02. The topological polar surface area (TPSA) is 35.0 Å². The molecule has 1 aromatic heterocycles. The molecule has 0 bridgehead atoms. The molecule has 3 nitrogen and oxygen atoms in total. The van der Waals surface area contributed by atoms with E-state index in [0.29, 0.717) is 11.9 Å². The van der Waals surface area contributed by atoms with Crippen LogP contribution in [0.1, 0.15) is 16.7 Å². The maximum Gasteiger partial charge on any atom is 0.321 e. The van der Waals surface area contributed by atoms with E-state index in [-0.39, 0.29) is 0 Å². The molecule has 0 unspecified atom stereocenters. The summed E-state index contributed by atoms with van der Waals surface area (Å²) < 4.78 is 5.55. The van der Waals surface area contributed by atoms with Crippen LogP contribution >= 0.6 is 11.6 Å². The molecule has 0 saturated carbocycles. The predicted octanol–water partition coefficient (Wildman–Crippen LogP) is 3.62. The van der Waals surface area contributed by atoms with Gasteiger partial charge >= 0.3 is 6.01 Å². The van der Waals surface area contributed by atoms with Crippen LogP contribution < -0.4 is 4.74 Å². The lowest BCUT2D eigenvalue weighted by atomic mass is 10.1. The Hall–Kier alpha value is -1.61. The first kappa shape index (κ1) is 11.9. The highest BCUT2D eigenvalue weighted by atomic mass is 35.5. The van der Waals surface area contributed by atoms with E-state index in [1.54, 1.807) is 12.4 Å². The van der Waals surface area contributed by atoms with E-state index in [0.717, 1.165) is 11.3 Å². The van der Waals surface area contributed by atoms with Crippen LogP contribution in [0.5, 0.6) is 11.8 Å². The van der Waals surface area contributed by atoms with Crippen molar-refractivity contribution >= 4 is 11.6 Å². The Kier molecular flexibility index (Phi) is 3.59. The molecule has 88 valence electrons. The van der Waals surface area contributed by atoms with E-state index in [2.05, 4.69) is 16.9 Å². The smallest absolute Gasteiger partial charge is 0.321 e. The molecule has 0 aliphatic heterocycles. The molecule has 0 fully saturated rings. The normalized spacial score (nSPS) is 10.3. The standard InChI is InChI=1S/C13H13ClN2O/c1-9-3-4-12(5-10(9)2)17-13-15-7-11(6-14)8-16-13/h3-5,7-8H,6H2,1-2H3. The molecule has 0 saturated heterocycles. The molecule has 0 amide bonds. The summed E-state index contributed by atoms with van der Waals surface area (Å²) in [5.41, 5.74) is 3.29. The molecule has 0 spiro atoms. The Morgan fingerprint density at radius 2 is 1.82 bits per heavy atom. The predicted molar refractivity (Wildman–Crippen MR) is 67.6 cm³/mol. The quantitative estimate of drug-likeness (QED) is 0.778. The fourth-order valence-electron chi connectivity index (χ4n) is 1.35. The summed E-state index contributed by atoms with van der Waals surface area (Å²) in [4.78, 5) is 8.16. The Labute approximate surface area is 105 Å². The van der Waals surface area contributed by atoms with Crippen LogP contribution in [-0.2, 0) is 5.88 Å². The average Bonchev–Trinajstić information content (AvgIpc) is 2.35. The summed E-state index contributed by atoms with van der Waals surface area (Å²) in [5.74, 6) is 1.15. The Balaban J connectivity index is 2.16. The van der Waals surface area contributed by atoms with E-state index >= 15 is 0 Å². The van der Waals surface area contributed by atoms with Crippen LogP contribution in [0.15, 0.2) is 30.6 Å². The number of hydrogen-bond donors (Lipinski definition) is 0. The molecule has 1 heterocycles. The second-order valence-corrected chi connectivity index (χ2v) is 4.12. The van der Waals surface area contributed by atoms with Gasteiger partial charge in [0.15, 0.2) is 0 Å². The molecule has 4 heteroatoms. The number of hydrogen-bond acceptors (Lipinski definition) is 3. The van der Waals surface area contributed by atoms with E-state index < -0.39 is 0 Å². The van der Waals surface area contributed by atoms with Crippen molar-refractivity contribution in [3.63, 3.8) is 0 Å². The van der Waals surface area contributed by atoms with Crippen molar-refractivity contribution in [1.82, 2.24) is 9.97 Å². The van der Waals surface area contributed by atoms with Gasteiger partial charge < -0.3 is 4.74 Å². The molecule has 2 rings (SSSR count). The Morgan fingerprint density at radius 3 is 2.41 bits per heavy atom. The second kappa shape index (κ2) is 5.15. The van der Waals surface area contributed by atoms with Crippen molar-refractivity contribution in [3.8, 4) is 11.8 Å². The monoisotopic (exact) mass is 248 g/mol. The van der Waals surface area contributed by atoms with Gasteiger partial charge in [0.2, 0.25) is 0 Å². The van der Waals surface area contributed by atoms with Gasteiger partial charge in [0.25, 0.3) is 0 Å². The summed E-state index contributed by atoms with van der Waals surface area (Å²) >= 11 is 5.66. The number of aryl methyl sites for hydroxylation is 2. The van der Waals surface area contributed by atoms with Gasteiger partial charge in [0.1, 0.15) is 5.75 Å². The zero-order chi connectivity index (χ0) is 12.3. The molecule has 17 heavy (non-hydrogen) atoms. The molecule has 0 radical (unpaired) electrons. The van der Waals surface area contributed by atoms with Crippen molar-refractivity contribution in [2.45, 2.75) is 19.7 Å². The number of benzene rings is 1. The Morgan fingerprint density at radius 1 is 1.12 bits per heavy atom. The first-order chi connectivity index (χ1) is 8.19. The number of aromatic nitrogens is 2. The highest BCUT2D eigenvalue weighted by molar-refractivity contribution is 6.17. The average molecular weight is 249 g/mol. The molecular formula is C13H13ClN2O. The van der Waals surface area contributed by atoms with Gasteiger partial charge in [-0.25, -0.2) is 9.97 Å².